The molecule has 0 aliphatic rings. The number of nitro groups is 1. The number of carbonyl (C=O) groups excluding carboxylic acids is 2. The highest BCUT2D eigenvalue weighted by Gasteiger charge is 2.27. The van der Waals surface area contributed by atoms with Gasteiger partial charge in [0.1, 0.15) is 22.8 Å². The molecule has 0 saturated carbocycles. The largest absolute Gasteiger partial charge is 0.484 e. The highest BCUT2D eigenvalue weighted by molar-refractivity contribution is 6.12. The molecule has 2 amide bonds. The van der Waals surface area contributed by atoms with E-state index in [1.165, 1.54) is 36.4 Å². The van der Waals surface area contributed by atoms with Crippen molar-refractivity contribution in [3.63, 3.8) is 0 Å². The third kappa shape index (κ3) is 6.49. The summed E-state index contributed by atoms with van der Waals surface area (Å²) < 4.78 is 30.2. The molecule has 0 fully saturated rings. The predicted molar refractivity (Wildman–Crippen MR) is 131 cm³/mol. The van der Waals surface area contributed by atoms with E-state index in [1.54, 1.807) is 34.6 Å². The summed E-state index contributed by atoms with van der Waals surface area (Å²) in [4.78, 5) is 36.1. The fourth-order valence-electron chi connectivity index (χ4n) is 3.38. The Morgan fingerprint density at radius 1 is 1.11 bits per heavy atom. The first-order valence-corrected chi connectivity index (χ1v) is 11.3. The Hall–Kier alpha value is -4.15. The van der Waals surface area contributed by atoms with Crippen LogP contribution in [-0.2, 0) is 4.74 Å². The smallest absolute Gasteiger partial charge is 0.407 e. The van der Waals surface area contributed by atoms with Gasteiger partial charge in [-0.2, -0.15) is 0 Å². The standard InChI is InChI=1S/C25H28FN3O7/c1-14(2)34-20-12-17-19(13-18(20)29(32)33)35-22(15-6-8-16(26)9-7-15)21(17)23(30)27-10-11-28-24(31)36-25(3,4)5/h6-9,12-14H,10-11H2,1-5H3,(H,27,30)(H,28,31). The lowest BCUT2D eigenvalue weighted by Crippen LogP contribution is -2.37. The Balaban J connectivity index is 1.97. The van der Waals surface area contributed by atoms with Gasteiger partial charge in [-0.3, -0.25) is 14.9 Å². The normalized spacial score (nSPS) is 11.4. The van der Waals surface area contributed by atoms with Gasteiger partial charge in [-0.25, -0.2) is 9.18 Å². The van der Waals surface area contributed by atoms with E-state index in [0.29, 0.717) is 5.56 Å². The highest BCUT2D eigenvalue weighted by atomic mass is 19.1. The number of ether oxygens (including phenoxy) is 2. The van der Waals surface area contributed by atoms with E-state index >= 15 is 0 Å². The Morgan fingerprint density at radius 2 is 1.75 bits per heavy atom. The minimum Gasteiger partial charge on any atom is -0.484 e. The zero-order valence-electron chi connectivity index (χ0n) is 20.6. The van der Waals surface area contributed by atoms with Crippen LogP contribution >= 0.6 is 0 Å². The lowest BCUT2D eigenvalue weighted by molar-refractivity contribution is -0.385. The highest BCUT2D eigenvalue weighted by Crippen LogP contribution is 2.40. The molecule has 0 radical (unpaired) electrons. The van der Waals surface area contributed by atoms with Gasteiger partial charge in [0.2, 0.25) is 0 Å². The molecule has 2 N–H and O–H groups in total. The average molecular weight is 502 g/mol. The number of benzene rings is 2. The summed E-state index contributed by atoms with van der Waals surface area (Å²) in [7, 11) is 0. The molecule has 36 heavy (non-hydrogen) atoms. The number of halogens is 1. The van der Waals surface area contributed by atoms with Crippen molar-refractivity contribution in [1.82, 2.24) is 10.6 Å². The first-order chi connectivity index (χ1) is 16.9. The number of hydrogen-bond acceptors (Lipinski definition) is 7. The van der Waals surface area contributed by atoms with Crippen LogP contribution in [0.2, 0.25) is 0 Å². The molecule has 0 spiro atoms. The van der Waals surface area contributed by atoms with Crippen LogP contribution in [-0.4, -0.2) is 41.7 Å². The maximum absolute atomic E-state index is 13.5. The van der Waals surface area contributed by atoms with Gasteiger partial charge >= 0.3 is 11.8 Å². The summed E-state index contributed by atoms with van der Waals surface area (Å²) in [6, 6.07) is 7.88. The summed E-state index contributed by atoms with van der Waals surface area (Å²) in [6.07, 6.45) is -0.985. The fourth-order valence-corrected chi connectivity index (χ4v) is 3.38. The summed E-state index contributed by atoms with van der Waals surface area (Å²) in [5.41, 5.74) is -0.389. The van der Waals surface area contributed by atoms with Gasteiger partial charge in [0, 0.05) is 24.0 Å². The molecule has 3 rings (SSSR count). The van der Waals surface area contributed by atoms with Gasteiger partial charge in [-0.15, -0.1) is 0 Å². The van der Waals surface area contributed by atoms with Crippen molar-refractivity contribution in [3.05, 3.63) is 57.9 Å². The van der Waals surface area contributed by atoms with Crippen LogP contribution in [0.3, 0.4) is 0 Å². The molecule has 0 atom stereocenters. The van der Waals surface area contributed by atoms with Crippen molar-refractivity contribution >= 4 is 28.7 Å². The number of nitrogens with zero attached hydrogens (tertiary/aromatic N) is 1. The first-order valence-electron chi connectivity index (χ1n) is 11.3. The molecule has 10 nitrogen and oxygen atoms in total. The Bertz CT molecular complexity index is 1280. The van der Waals surface area contributed by atoms with Crippen molar-refractivity contribution in [2.24, 2.45) is 0 Å². The lowest BCUT2D eigenvalue weighted by Gasteiger charge is -2.19. The molecular formula is C25H28FN3O7. The van der Waals surface area contributed by atoms with Crippen LogP contribution in [0.5, 0.6) is 5.75 Å². The van der Waals surface area contributed by atoms with Gasteiger partial charge in [0.25, 0.3) is 5.91 Å². The molecule has 0 aliphatic heterocycles. The molecule has 1 aromatic heterocycles. The van der Waals surface area contributed by atoms with Crippen molar-refractivity contribution in [2.75, 3.05) is 13.1 Å². The van der Waals surface area contributed by atoms with E-state index < -0.39 is 28.3 Å². The Morgan fingerprint density at radius 3 is 2.33 bits per heavy atom. The van der Waals surface area contributed by atoms with E-state index in [0.717, 1.165) is 0 Å². The number of amides is 2. The number of fused-ring (bicyclic) bond motifs is 1. The van der Waals surface area contributed by atoms with Crippen LogP contribution in [0.4, 0.5) is 14.9 Å². The number of nitrogens with one attached hydrogen (secondary N) is 2. The summed E-state index contributed by atoms with van der Waals surface area (Å²) in [5.74, 6) is -0.936. The van der Waals surface area contributed by atoms with Crippen molar-refractivity contribution in [1.29, 1.82) is 0 Å². The van der Waals surface area contributed by atoms with Crippen molar-refractivity contribution in [2.45, 2.75) is 46.3 Å². The Labute approximate surface area is 206 Å². The number of alkyl carbamates (subject to hydrolysis) is 1. The number of carbonyl (C=O) groups is 2. The van der Waals surface area contributed by atoms with Gasteiger partial charge in [0.15, 0.2) is 5.75 Å². The van der Waals surface area contributed by atoms with E-state index in [9.17, 15) is 24.1 Å². The van der Waals surface area contributed by atoms with Crippen LogP contribution in [0, 0.1) is 15.9 Å². The molecule has 0 bridgehead atoms. The van der Waals surface area contributed by atoms with E-state index in [2.05, 4.69) is 10.6 Å². The van der Waals surface area contributed by atoms with E-state index in [1.807, 2.05) is 0 Å². The monoisotopic (exact) mass is 501 g/mol. The maximum Gasteiger partial charge on any atom is 0.407 e. The topological polar surface area (TPSA) is 133 Å². The second-order valence-corrected chi connectivity index (χ2v) is 9.24. The fraction of sp³-hybridized carbons (Fsp3) is 0.360. The summed E-state index contributed by atoms with van der Waals surface area (Å²) in [6.45, 7) is 8.80. The number of rotatable bonds is 8. The molecule has 192 valence electrons. The number of nitro benzene ring substituents is 1. The molecule has 0 unspecified atom stereocenters. The molecule has 2 aromatic carbocycles. The minimum absolute atomic E-state index is 0.0189. The first kappa shape index (κ1) is 26.5. The van der Waals surface area contributed by atoms with E-state index in [-0.39, 0.29) is 52.9 Å². The third-order valence-corrected chi connectivity index (χ3v) is 4.74. The summed E-state index contributed by atoms with van der Waals surface area (Å²) in [5, 5.41) is 17.1. The molecule has 0 aliphatic carbocycles. The average Bonchev–Trinajstić information content (AvgIpc) is 3.13. The second-order valence-electron chi connectivity index (χ2n) is 9.24. The van der Waals surface area contributed by atoms with Crippen LogP contribution < -0.4 is 15.4 Å². The quantitative estimate of drug-likeness (QED) is 0.247. The second kappa shape index (κ2) is 10.6. The number of hydrogen-bond donors (Lipinski definition) is 2. The molecule has 0 saturated heterocycles. The summed E-state index contributed by atoms with van der Waals surface area (Å²) >= 11 is 0. The molecular weight excluding hydrogens is 473 g/mol. The molecule has 3 aromatic rings. The van der Waals surface area contributed by atoms with Crippen molar-refractivity contribution < 1.29 is 32.8 Å². The minimum atomic E-state index is -0.661. The zero-order chi connectivity index (χ0) is 26.6. The maximum atomic E-state index is 13.5. The molecule has 11 heteroatoms. The van der Waals surface area contributed by atoms with Crippen LogP contribution in [0.15, 0.2) is 40.8 Å². The zero-order valence-corrected chi connectivity index (χ0v) is 20.6. The van der Waals surface area contributed by atoms with Gasteiger partial charge < -0.3 is 24.5 Å². The molecule has 1 heterocycles. The number of furan rings is 1. The lowest BCUT2D eigenvalue weighted by atomic mass is 10.0. The third-order valence-electron chi connectivity index (χ3n) is 4.74. The van der Waals surface area contributed by atoms with E-state index in [4.69, 9.17) is 13.9 Å². The predicted octanol–water partition coefficient (Wildman–Crippen LogP) is 5.19. The van der Waals surface area contributed by atoms with Gasteiger partial charge in [-0.1, -0.05) is 0 Å². The van der Waals surface area contributed by atoms with Crippen molar-refractivity contribution in [3.8, 4) is 17.1 Å². The van der Waals surface area contributed by atoms with Gasteiger partial charge in [-0.05, 0) is 65.0 Å². The van der Waals surface area contributed by atoms with Crippen LogP contribution in [0.25, 0.3) is 22.3 Å². The SMILES string of the molecule is CC(C)Oc1cc2c(C(=O)NCCNC(=O)OC(C)(C)C)c(-c3ccc(F)cc3)oc2cc1[N+](=O)[O-]. The Kier molecular flexibility index (Phi) is 7.81. The van der Waals surface area contributed by atoms with Crippen LogP contribution in [0.1, 0.15) is 45.0 Å². The van der Waals surface area contributed by atoms with Gasteiger partial charge in [0.05, 0.1) is 22.7 Å².